The summed E-state index contributed by atoms with van der Waals surface area (Å²) in [7, 11) is 0. The van der Waals surface area contributed by atoms with Gasteiger partial charge in [0.2, 0.25) is 0 Å². The highest BCUT2D eigenvalue weighted by Gasteiger charge is 2.17. The highest BCUT2D eigenvalue weighted by Crippen LogP contribution is 2.20. The molecule has 0 saturated carbocycles. The predicted octanol–water partition coefficient (Wildman–Crippen LogP) is 1.05. The van der Waals surface area contributed by atoms with Gasteiger partial charge in [-0.25, -0.2) is 0 Å². The van der Waals surface area contributed by atoms with E-state index in [0.29, 0.717) is 0 Å². The molecule has 2 rings (SSSR count). The normalized spacial score (nSPS) is 17.8. The summed E-state index contributed by atoms with van der Waals surface area (Å²) >= 11 is 1.71. The SMILES string of the molecule is OCC#Cc1ccsc1CN1CCC(O)CC1. The Balaban J connectivity index is 1.96. The summed E-state index contributed by atoms with van der Waals surface area (Å²) in [6.45, 7) is 2.71. The first-order valence-electron chi connectivity index (χ1n) is 5.86. The fraction of sp³-hybridized carbons (Fsp3) is 0.538. The first-order chi connectivity index (χ1) is 8.29. The maximum absolute atomic E-state index is 9.45. The van der Waals surface area contributed by atoms with Crippen molar-refractivity contribution in [1.29, 1.82) is 0 Å². The van der Waals surface area contributed by atoms with E-state index in [-0.39, 0.29) is 12.7 Å². The summed E-state index contributed by atoms with van der Waals surface area (Å²) in [5.74, 6) is 5.66. The average molecular weight is 251 g/mol. The minimum atomic E-state index is -0.122. The van der Waals surface area contributed by atoms with E-state index in [9.17, 15) is 5.11 Å². The van der Waals surface area contributed by atoms with Crippen LogP contribution in [0.4, 0.5) is 0 Å². The van der Waals surface area contributed by atoms with Crippen molar-refractivity contribution in [2.45, 2.75) is 25.5 Å². The van der Waals surface area contributed by atoms with Crippen LogP contribution in [-0.4, -0.2) is 40.9 Å². The molecule has 1 aromatic heterocycles. The molecule has 17 heavy (non-hydrogen) atoms. The predicted molar refractivity (Wildman–Crippen MR) is 68.8 cm³/mol. The number of hydrogen-bond acceptors (Lipinski definition) is 4. The number of aliphatic hydroxyl groups is 2. The molecular weight excluding hydrogens is 234 g/mol. The van der Waals surface area contributed by atoms with Gasteiger partial charge in [-0.1, -0.05) is 11.8 Å². The number of rotatable bonds is 2. The Morgan fingerprint density at radius 2 is 2.18 bits per heavy atom. The fourth-order valence-electron chi connectivity index (χ4n) is 1.99. The summed E-state index contributed by atoms with van der Waals surface area (Å²) in [5.41, 5.74) is 1.02. The van der Waals surface area contributed by atoms with Gasteiger partial charge >= 0.3 is 0 Å². The minimum absolute atomic E-state index is 0.0921. The molecule has 0 spiro atoms. The molecular formula is C13H17NO2S. The fourth-order valence-corrected chi connectivity index (χ4v) is 2.86. The molecule has 0 atom stereocenters. The molecule has 4 heteroatoms. The summed E-state index contributed by atoms with van der Waals surface area (Å²) in [5, 5.41) is 20.2. The Morgan fingerprint density at radius 1 is 1.41 bits per heavy atom. The van der Waals surface area contributed by atoms with Crippen molar-refractivity contribution in [2.24, 2.45) is 0 Å². The lowest BCUT2D eigenvalue weighted by atomic mass is 10.1. The van der Waals surface area contributed by atoms with E-state index < -0.39 is 0 Å². The second-order valence-corrected chi connectivity index (χ2v) is 5.23. The van der Waals surface area contributed by atoms with E-state index in [1.807, 2.05) is 11.4 Å². The molecule has 0 radical (unpaired) electrons. The van der Waals surface area contributed by atoms with Gasteiger partial charge in [0, 0.05) is 30.1 Å². The lowest BCUT2D eigenvalue weighted by Crippen LogP contribution is -2.35. The monoisotopic (exact) mass is 251 g/mol. The molecule has 0 amide bonds. The van der Waals surface area contributed by atoms with E-state index in [1.54, 1.807) is 11.3 Å². The number of nitrogens with zero attached hydrogens (tertiary/aromatic N) is 1. The molecule has 1 fully saturated rings. The van der Waals surface area contributed by atoms with Crippen molar-refractivity contribution in [3.63, 3.8) is 0 Å². The Morgan fingerprint density at radius 3 is 2.88 bits per heavy atom. The van der Waals surface area contributed by atoms with Gasteiger partial charge in [0.25, 0.3) is 0 Å². The van der Waals surface area contributed by atoms with Crippen molar-refractivity contribution in [3.05, 3.63) is 21.9 Å². The highest BCUT2D eigenvalue weighted by atomic mass is 32.1. The molecule has 1 aliphatic heterocycles. The van der Waals surface area contributed by atoms with Gasteiger partial charge in [0.05, 0.1) is 6.10 Å². The van der Waals surface area contributed by atoms with Crippen molar-refractivity contribution >= 4 is 11.3 Å². The van der Waals surface area contributed by atoms with Crippen LogP contribution in [0, 0.1) is 11.8 Å². The first kappa shape index (κ1) is 12.6. The molecule has 92 valence electrons. The Bertz CT molecular complexity index is 411. The van der Waals surface area contributed by atoms with Crippen LogP contribution in [0.15, 0.2) is 11.4 Å². The van der Waals surface area contributed by atoms with E-state index in [4.69, 9.17) is 5.11 Å². The smallest absolute Gasteiger partial charge is 0.104 e. The van der Waals surface area contributed by atoms with E-state index >= 15 is 0 Å². The van der Waals surface area contributed by atoms with Crippen LogP contribution in [0.25, 0.3) is 0 Å². The van der Waals surface area contributed by atoms with Gasteiger partial charge < -0.3 is 10.2 Å². The van der Waals surface area contributed by atoms with Crippen molar-refractivity contribution in [2.75, 3.05) is 19.7 Å². The van der Waals surface area contributed by atoms with Crippen LogP contribution in [0.3, 0.4) is 0 Å². The highest BCUT2D eigenvalue weighted by molar-refractivity contribution is 7.10. The van der Waals surface area contributed by atoms with Crippen molar-refractivity contribution in [3.8, 4) is 11.8 Å². The van der Waals surface area contributed by atoms with Crippen LogP contribution in [-0.2, 0) is 6.54 Å². The maximum Gasteiger partial charge on any atom is 0.104 e. The van der Waals surface area contributed by atoms with Gasteiger partial charge in [-0.05, 0) is 24.3 Å². The zero-order valence-corrected chi connectivity index (χ0v) is 10.5. The zero-order chi connectivity index (χ0) is 12.1. The summed E-state index contributed by atoms with van der Waals surface area (Å²) in [6.07, 6.45) is 1.61. The van der Waals surface area contributed by atoms with E-state index in [0.717, 1.165) is 38.0 Å². The van der Waals surface area contributed by atoms with Crippen molar-refractivity contribution in [1.82, 2.24) is 4.90 Å². The third kappa shape index (κ3) is 3.55. The minimum Gasteiger partial charge on any atom is -0.393 e. The molecule has 1 saturated heterocycles. The summed E-state index contributed by atoms with van der Waals surface area (Å²) < 4.78 is 0. The molecule has 3 nitrogen and oxygen atoms in total. The molecule has 0 aromatic carbocycles. The van der Waals surface area contributed by atoms with Crippen molar-refractivity contribution < 1.29 is 10.2 Å². The van der Waals surface area contributed by atoms with E-state index in [1.165, 1.54) is 4.88 Å². The standard InChI is InChI=1S/C13H17NO2S/c15-8-1-2-11-5-9-17-13(11)10-14-6-3-12(16)4-7-14/h5,9,12,15-16H,3-4,6-8,10H2. The number of hydrogen-bond donors (Lipinski definition) is 2. The molecule has 0 bridgehead atoms. The van der Waals surface area contributed by atoms with Crippen LogP contribution in [0.5, 0.6) is 0 Å². The zero-order valence-electron chi connectivity index (χ0n) is 9.72. The van der Waals surface area contributed by atoms with Crippen LogP contribution >= 0.6 is 11.3 Å². The van der Waals surface area contributed by atoms with Crippen LogP contribution in [0.1, 0.15) is 23.3 Å². The number of aliphatic hydroxyl groups excluding tert-OH is 2. The number of likely N-dealkylation sites (tertiary alicyclic amines) is 1. The Hall–Kier alpha value is -0.860. The maximum atomic E-state index is 9.45. The lowest BCUT2D eigenvalue weighted by Gasteiger charge is -2.29. The van der Waals surface area contributed by atoms with Gasteiger partial charge in [0.15, 0.2) is 0 Å². The third-order valence-electron chi connectivity index (χ3n) is 2.97. The van der Waals surface area contributed by atoms with Crippen LogP contribution in [0.2, 0.25) is 0 Å². The van der Waals surface area contributed by atoms with E-state index in [2.05, 4.69) is 16.7 Å². The topological polar surface area (TPSA) is 43.7 Å². The second kappa shape index (κ2) is 6.18. The number of thiophene rings is 1. The average Bonchev–Trinajstić information content (AvgIpc) is 2.77. The molecule has 0 unspecified atom stereocenters. The molecule has 1 aromatic rings. The molecule has 2 heterocycles. The molecule has 0 aliphatic carbocycles. The summed E-state index contributed by atoms with van der Waals surface area (Å²) in [6, 6.07) is 2.00. The molecule has 2 N–H and O–H groups in total. The summed E-state index contributed by atoms with van der Waals surface area (Å²) in [4.78, 5) is 3.60. The Labute approximate surface area is 106 Å². The lowest BCUT2D eigenvalue weighted by molar-refractivity contribution is 0.0797. The van der Waals surface area contributed by atoms with Gasteiger partial charge in [-0.3, -0.25) is 4.90 Å². The number of piperidine rings is 1. The Kier molecular flexibility index (Phi) is 4.57. The third-order valence-corrected chi connectivity index (χ3v) is 3.88. The van der Waals surface area contributed by atoms with Gasteiger partial charge in [0.1, 0.15) is 6.61 Å². The van der Waals surface area contributed by atoms with Gasteiger partial charge in [-0.15, -0.1) is 11.3 Å². The quantitative estimate of drug-likeness (QED) is 0.772. The van der Waals surface area contributed by atoms with Gasteiger partial charge in [-0.2, -0.15) is 0 Å². The van der Waals surface area contributed by atoms with Crippen LogP contribution < -0.4 is 0 Å². The molecule has 1 aliphatic rings. The first-order valence-corrected chi connectivity index (χ1v) is 6.74. The second-order valence-electron chi connectivity index (χ2n) is 4.22. The largest absolute Gasteiger partial charge is 0.393 e.